The fourth-order valence-corrected chi connectivity index (χ4v) is 1.58. The van der Waals surface area contributed by atoms with Crippen molar-refractivity contribution in [3.8, 4) is 0 Å². The molecule has 0 radical (unpaired) electrons. The van der Waals surface area contributed by atoms with E-state index in [0.29, 0.717) is 5.92 Å². The smallest absolute Gasteiger partial charge is 0.0140 e. The van der Waals surface area contributed by atoms with Gasteiger partial charge < -0.3 is 11.5 Å². The molecule has 0 aromatic heterocycles. The van der Waals surface area contributed by atoms with Gasteiger partial charge in [0.15, 0.2) is 0 Å². The first kappa shape index (κ1) is 9.92. The molecule has 2 heteroatoms. The van der Waals surface area contributed by atoms with Crippen LogP contribution in [0.4, 0.5) is 0 Å². The van der Waals surface area contributed by atoms with Crippen LogP contribution in [0.15, 0.2) is 0 Å². The Kier molecular flexibility index (Phi) is 3.33. The van der Waals surface area contributed by atoms with Crippen molar-refractivity contribution in [2.24, 2.45) is 17.4 Å². The lowest BCUT2D eigenvalue weighted by molar-refractivity contribution is 0.272. The van der Waals surface area contributed by atoms with Crippen molar-refractivity contribution in [3.05, 3.63) is 0 Å². The second kappa shape index (κ2) is 3.35. The molecule has 0 aliphatic heterocycles. The quantitative estimate of drug-likeness (QED) is 0.623. The molecule has 62 valence electrons. The molecule has 0 heterocycles. The lowest BCUT2D eigenvalue weighted by Gasteiger charge is -2.32. The fourth-order valence-electron chi connectivity index (χ4n) is 1.58. The van der Waals surface area contributed by atoms with Crippen LogP contribution in [0.3, 0.4) is 0 Å². The van der Waals surface area contributed by atoms with Crippen molar-refractivity contribution in [1.82, 2.24) is 0 Å². The molecule has 0 rings (SSSR count). The first-order valence-corrected chi connectivity index (χ1v) is 3.94. The van der Waals surface area contributed by atoms with E-state index in [1.54, 1.807) is 0 Å². The van der Waals surface area contributed by atoms with Gasteiger partial charge in [-0.05, 0) is 26.7 Å². The lowest BCUT2D eigenvalue weighted by Crippen LogP contribution is -2.48. The minimum absolute atomic E-state index is 0.136. The summed E-state index contributed by atoms with van der Waals surface area (Å²) in [6.45, 7) is 8.21. The van der Waals surface area contributed by atoms with Crippen LogP contribution < -0.4 is 11.5 Å². The molecule has 0 saturated heterocycles. The van der Waals surface area contributed by atoms with E-state index < -0.39 is 0 Å². The average Bonchev–Trinajstić information content (AvgIpc) is 1.60. The van der Waals surface area contributed by atoms with Gasteiger partial charge in [0, 0.05) is 11.6 Å². The molecule has 0 aromatic rings. The Labute approximate surface area is 64.0 Å². The van der Waals surface area contributed by atoms with Crippen LogP contribution >= 0.6 is 0 Å². The van der Waals surface area contributed by atoms with Gasteiger partial charge in [-0.25, -0.2) is 0 Å². The second-order valence-corrected chi connectivity index (χ2v) is 3.70. The fraction of sp³-hybridized carbons (Fsp3) is 1.00. The zero-order valence-electron chi connectivity index (χ0n) is 7.52. The third kappa shape index (κ3) is 2.67. The van der Waals surface area contributed by atoms with Crippen LogP contribution in [0, 0.1) is 5.92 Å². The summed E-state index contributed by atoms with van der Waals surface area (Å²) in [7, 11) is 0. The Balaban J connectivity index is 4.07. The van der Waals surface area contributed by atoms with Crippen LogP contribution in [0.25, 0.3) is 0 Å². The molecular formula is C8H20N2. The molecule has 2 atom stereocenters. The van der Waals surface area contributed by atoms with Crippen LogP contribution in [-0.2, 0) is 0 Å². The van der Waals surface area contributed by atoms with E-state index in [0.717, 1.165) is 6.42 Å². The van der Waals surface area contributed by atoms with Crippen molar-refractivity contribution in [2.45, 2.75) is 45.7 Å². The Bertz CT molecular complexity index is 91.9. The first-order chi connectivity index (χ1) is 4.39. The normalized spacial score (nSPS) is 18.6. The SMILES string of the molecule is CCC(C(C)N)C(C)(C)N. The van der Waals surface area contributed by atoms with E-state index in [1.807, 2.05) is 20.8 Å². The highest BCUT2D eigenvalue weighted by molar-refractivity contribution is 4.86. The molecule has 0 fully saturated rings. The van der Waals surface area contributed by atoms with Crippen molar-refractivity contribution < 1.29 is 0 Å². The van der Waals surface area contributed by atoms with Gasteiger partial charge in [-0.3, -0.25) is 0 Å². The van der Waals surface area contributed by atoms with E-state index >= 15 is 0 Å². The van der Waals surface area contributed by atoms with Gasteiger partial charge in [-0.1, -0.05) is 13.3 Å². The van der Waals surface area contributed by atoms with Crippen LogP contribution in [0.2, 0.25) is 0 Å². The summed E-state index contributed by atoms with van der Waals surface area (Å²) < 4.78 is 0. The average molecular weight is 144 g/mol. The summed E-state index contributed by atoms with van der Waals surface area (Å²) in [5.74, 6) is 0.424. The van der Waals surface area contributed by atoms with Crippen molar-refractivity contribution in [2.75, 3.05) is 0 Å². The molecule has 0 spiro atoms. The van der Waals surface area contributed by atoms with Gasteiger partial charge in [0.2, 0.25) is 0 Å². The van der Waals surface area contributed by atoms with Gasteiger partial charge in [-0.2, -0.15) is 0 Å². The topological polar surface area (TPSA) is 52.0 Å². The van der Waals surface area contributed by atoms with E-state index in [4.69, 9.17) is 11.5 Å². The maximum atomic E-state index is 5.91. The number of nitrogens with two attached hydrogens (primary N) is 2. The Morgan fingerprint density at radius 2 is 1.80 bits per heavy atom. The van der Waals surface area contributed by atoms with Crippen molar-refractivity contribution >= 4 is 0 Å². The molecule has 0 saturated carbocycles. The Morgan fingerprint density at radius 3 is 1.80 bits per heavy atom. The van der Waals surface area contributed by atoms with Crippen LogP contribution in [0.1, 0.15) is 34.1 Å². The summed E-state index contributed by atoms with van der Waals surface area (Å²) in [4.78, 5) is 0. The maximum Gasteiger partial charge on any atom is 0.0140 e. The standard InChI is InChI=1S/C8H20N2/c1-5-7(6(2)9)8(3,4)10/h6-7H,5,9-10H2,1-4H3. The monoisotopic (exact) mass is 144 g/mol. The summed E-state index contributed by atoms with van der Waals surface area (Å²) in [6, 6.07) is 0.199. The molecule has 0 aliphatic carbocycles. The largest absolute Gasteiger partial charge is 0.328 e. The number of hydrogen-bond acceptors (Lipinski definition) is 2. The number of hydrogen-bond donors (Lipinski definition) is 2. The Morgan fingerprint density at radius 1 is 1.40 bits per heavy atom. The second-order valence-electron chi connectivity index (χ2n) is 3.70. The molecule has 4 N–H and O–H groups in total. The zero-order valence-corrected chi connectivity index (χ0v) is 7.52. The highest BCUT2D eigenvalue weighted by atomic mass is 14.8. The Hall–Kier alpha value is -0.0800. The summed E-state index contributed by atoms with van der Waals surface area (Å²) in [6.07, 6.45) is 1.06. The predicted octanol–water partition coefficient (Wildman–Crippen LogP) is 1.10. The predicted molar refractivity (Wildman–Crippen MR) is 45.7 cm³/mol. The maximum absolute atomic E-state index is 5.91. The third-order valence-electron chi connectivity index (χ3n) is 2.03. The summed E-state index contributed by atoms with van der Waals surface area (Å²) in [5, 5.41) is 0. The van der Waals surface area contributed by atoms with Gasteiger partial charge >= 0.3 is 0 Å². The first-order valence-electron chi connectivity index (χ1n) is 3.94. The molecule has 10 heavy (non-hydrogen) atoms. The molecule has 2 nitrogen and oxygen atoms in total. The van der Waals surface area contributed by atoms with E-state index in [-0.39, 0.29) is 11.6 Å². The van der Waals surface area contributed by atoms with Crippen LogP contribution in [0.5, 0.6) is 0 Å². The zero-order chi connectivity index (χ0) is 8.36. The highest BCUT2D eigenvalue weighted by Crippen LogP contribution is 2.19. The van der Waals surface area contributed by atoms with Crippen LogP contribution in [-0.4, -0.2) is 11.6 Å². The van der Waals surface area contributed by atoms with E-state index in [1.165, 1.54) is 0 Å². The van der Waals surface area contributed by atoms with Gasteiger partial charge in [0.05, 0.1) is 0 Å². The van der Waals surface area contributed by atoms with Crippen molar-refractivity contribution in [3.63, 3.8) is 0 Å². The molecule has 0 aromatic carbocycles. The molecule has 0 aliphatic rings. The van der Waals surface area contributed by atoms with Gasteiger partial charge in [0.1, 0.15) is 0 Å². The minimum Gasteiger partial charge on any atom is -0.328 e. The molecule has 0 amide bonds. The third-order valence-corrected chi connectivity index (χ3v) is 2.03. The summed E-state index contributed by atoms with van der Waals surface area (Å²) in [5.41, 5.74) is 11.5. The van der Waals surface area contributed by atoms with Gasteiger partial charge in [-0.15, -0.1) is 0 Å². The molecule has 2 unspecified atom stereocenters. The minimum atomic E-state index is -0.136. The van der Waals surface area contributed by atoms with Crippen molar-refractivity contribution in [1.29, 1.82) is 0 Å². The molecular weight excluding hydrogens is 124 g/mol. The molecule has 0 bridgehead atoms. The van der Waals surface area contributed by atoms with E-state index in [2.05, 4.69) is 6.92 Å². The number of rotatable bonds is 3. The summed E-state index contributed by atoms with van der Waals surface area (Å²) >= 11 is 0. The highest BCUT2D eigenvalue weighted by Gasteiger charge is 2.26. The van der Waals surface area contributed by atoms with E-state index in [9.17, 15) is 0 Å². The van der Waals surface area contributed by atoms with Gasteiger partial charge in [0.25, 0.3) is 0 Å². The lowest BCUT2D eigenvalue weighted by atomic mass is 9.82.